The first kappa shape index (κ1) is 25.1. The van der Waals surface area contributed by atoms with Crippen LogP contribution in [0.2, 0.25) is 0 Å². The summed E-state index contributed by atoms with van der Waals surface area (Å²) in [5.41, 5.74) is 4.91. The van der Waals surface area contributed by atoms with Crippen molar-refractivity contribution in [2.75, 3.05) is 46.9 Å². The van der Waals surface area contributed by atoms with Crippen LogP contribution in [0, 0.1) is 0 Å². The highest BCUT2D eigenvalue weighted by atomic mass is 35.5. The van der Waals surface area contributed by atoms with Gasteiger partial charge in [0.05, 0.1) is 16.7 Å². The number of halogens is 2. The lowest BCUT2D eigenvalue weighted by atomic mass is 10.1. The van der Waals surface area contributed by atoms with Crippen LogP contribution in [0.3, 0.4) is 0 Å². The number of para-hydroxylation sites is 2. The number of hydrogen-bond acceptors (Lipinski definition) is 4. The number of pyridine rings is 1. The monoisotopic (exact) mass is 508 g/mol. The van der Waals surface area contributed by atoms with Crippen molar-refractivity contribution in [3.8, 4) is 0 Å². The molecule has 0 aliphatic heterocycles. The molecular weight excluding hydrogens is 479 g/mol. The van der Waals surface area contributed by atoms with E-state index >= 15 is 0 Å². The molecule has 0 atom stereocenters. The Balaban J connectivity index is 1.27. The number of nitrogens with zero attached hydrogens (tertiary/aromatic N) is 2. The number of alkyl halides is 2. The Morgan fingerprint density at radius 2 is 1.40 bits per heavy atom. The zero-order valence-electron chi connectivity index (χ0n) is 19.6. The number of amides is 1. The quantitative estimate of drug-likeness (QED) is 0.124. The van der Waals surface area contributed by atoms with Crippen molar-refractivity contribution >= 4 is 68.0 Å². The smallest absolute Gasteiger partial charge is 0.224 e. The molecule has 2 N–H and O–H groups in total. The van der Waals surface area contributed by atoms with Crippen LogP contribution >= 0.6 is 23.2 Å². The first-order valence-electron chi connectivity index (χ1n) is 12.0. The van der Waals surface area contributed by atoms with E-state index in [-0.39, 0.29) is 5.91 Å². The number of nitrogens with one attached hydrogen (secondary N) is 2. The van der Waals surface area contributed by atoms with Crippen LogP contribution in [0.25, 0.3) is 21.8 Å². The molecule has 0 unspecified atom stereocenters. The van der Waals surface area contributed by atoms with Crippen LogP contribution in [-0.2, 0) is 4.79 Å². The maximum atomic E-state index is 12.4. The number of carbonyl (C=O) groups excluding carboxylic acids is 1. The summed E-state index contributed by atoms with van der Waals surface area (Å²) in [5, 5.41) is 8.81. The average molecular weight is 509 g/mol. The van der Waals surface area contributed by atoms with Gasteiger partial charge < -0.3 is 15.5 Å². The van der Waals surface area contributed by atoms with Gasteiger partial charge in [0, 0.05) is 60.0 Å². The Morgan fingerprint density at radius 1 is 0.800 bits per heavy atom. The van der Waals surface area contributed by atoms with Crippen molar-refractivity contribution < 1.29 is 4.79 Å². The van der Waals surface area contributed by atoms with Gasteiger partial charge in [-0.1, -0.05) is 36.4 Å². The first-order chi connectivity index (χ1) is 17.2. The third kappa shape index (κ3) is 6.56. The number of aromatic nitrogens is 1. The molecule has 182 valence electrons. The van der Waals surface area contributed by atoms with E-state index < -0.39 is 0 Å². The standard InChI is InChI=1S/C28H30Cl2N4O/c29-16-19-34(20-17-30)22-14-12-21(13-15-22)32-27(35)11-5-6-18-31-28-23-7-1-3-9-25(23)33-26-10-4-2-8-24(26)28/h1-4,7-10,12-15H,5-6,11,16-20H2,(H,31,33)(H,32,35). The van der Waals surface area contributed by atoms with Crippen LogP contribution in [0.1, 0.15) is 19.3 Å². The van der Waals surface area contributed by atoms with Crippen molar-refractivity contribution in [3.05, 3.63) is 72.8 Å². The van der Waals surface area contributed by atoms with E-state index in [1.807, 2.05) is 60.7 Å². The second kappa shape index (κ2) is 12.6. The third-order valence-electron chi connectivity index (χ3n) is 5.95. The molecule has 1 heterocycles. The molecular formula is C28H30Cl2N4O. The van der Waals surface area contributed by atoms with Crippen LogP contribution in [0.4, 0.5) is 17.1 Å². The molecule has 0 saturated carbocycles. The van der Waals surface area contributed by atoms with E-state index in [4.69, 9.17) is 28.2 Å². The molecule has 0 aliphatic rings. The highest BCUT2D eigenvalue weighted by molar-refractivity contribution is 6.18. The Kier molecular flexibility index (Phi) is 9.04. The van der Waals surface area contributed by atoms with Gasteiger partial charge in [0.25, 0.3) is 0 Å². The Hall–Kier alpha value is -3.02. The summed E-state index contributed by atoms with van der Waals surface area (Å²) in [4.78, 5) is 19.3. The summed E-state index contributed by atoms with van der Waals surface area (Å²) in [6.07, 6.45) is 2.17. The predicted molar refractivity (Wildman–Crippen MR) is 150 cm³/mol. The molecule has 5 nitrogen and oxygen atoms in total. The van der Waals surface area contributed by atoms with Crippen molar-refractivity contribution in [1.29, 1.82) is 0 Å². The van der Waals surface area contributed by atoms with Gasteiger partial charge in [0.2, 0.25) is 5.91 Å². The molecule has 35 heavy (non-hydrogen) atoms. The average Bonchev–Trinajstić information content (AvgIpc) is 2.88. The number of benzene rings is 3. The molecule has 0 fully saturated rings. The van der Waals surface area contributed by atoms with E-state index in [2.05, 4.69) is 27.7 Å². The summed E-state index contributed by atoms with van der Waals surface area (Å²) >= 11 is 11.8. The lowest BCUT2D eigenvalue weighted by Gasteiger charge is -2.23. The summed E-state index contributed by atoms with van der Waals surface area (Å²) in [7, 11) is 0. The molecule has 1 aromatic heterocycles. The minimum atomic E-state index is 0.0240. The normalized spacial score (nSPS) is 11.0. The topological polar surface area (TPSA) is 57.3 Å². The number of hydrogen-bond donors (Lipinski definition) is 2. The summed E-state index contributed by atoms with van der Waals surface area (Å²) in [6.45, 7) is 2.26. The number of anilines is 3. The minimum Gasteiger partial charge on any atom is -0.384 e. The lowest BCUT2D eigenvalue weighted by Crippen LogP contribution is -2.27. The van der Waals surface area contributed by atoms with Gasteiger partial charge in [-0.3, -0.25) is 4.79 Å². The second-order valence-electron chi connectivity index (χ2n) is 8.37. The van der Waals surface area contributed by atoms with E-state index in [0.29, 0.717) is 18.2 Å². The van der Waals surface area contributed by atoms with Crippen LogP contribution in [-0.4, -0.2) is 42.3 Å². The molecule has 0 aliphatic carbocycles. The van der Waals surface area contributed by atoms with Gasteiger partial charge in [0.15, 0.2) is 0 Å². The first-order valence-corrected chi connectivity index (χ1v) is 13.0. The van der Waals surface area contributed by atoms with E-state index in [0.717, 1.165) is 71.3 Å². The number of rotatable bonds is 12. The van der Waals surface area contributed by atoms with Crippen molar-refractivity contribution in [3.63, 3.8) is 0 Å². The molecule has 4 aromatic rings. The maximum absolute atomic E-state index is 12.4. The van der Waals surface area contributed by atoms with E-state index in [1.54, 1.807) is 0 Å². The van der Waals surface area contributed by atoms with Gasteiger partial charge in [-0.15, -0.1) is 23.2 Å². The largest absolute Gasteiger partial charge is 0.384 e. The van der Waals surface area contributed by atoms with Crippen LogP contribution < -0.4 is 15.5 Å². The Morgan fingerprint density at radius 3 is 2.00 bits per heavy atom. The fourth-order valence-electron chi connectivity index (χ4n) is 4.21. The minimum absolute atomic E-state index is 0.0240. The second-order valence-corrected chi connectivity index (χ2v) is 9.12. The molecule has 7 heteroatoms. The SMILES string of the molecule is O=C(CCCCNc1c2ccccc2nc2ccccc12)Nc1ccc(N(CCCl)CCCl)cc1. The van der Waals surface area contributed by atoms with E-state index in [9.17, 15) is 4.79 Å². The molecule has 3 aromatic carbocycles. The molecule has 0 saturated heterocycles. The number of unbranched alkanes of at least 4 members (excludes halogenated alkanes) is 1. The van der Waals surface area contributed by atoms with Crippen molar-refractivity contribution in [1.82, 2.24) is 4.98 Å². The predicted octanol–water partition coefficient (Wildman–Crippen LogP) is 6.89. The summed E-state index contributed by atoms with van der Waals surface area (Å²) in [6, 6.07) is 24.2. The molecule has 0 radical (unpaired) electrons. The summed E-state index contributed by atoms with van der Waals surface area (Å²) in [5.74, 6) is 1.10. The van der Waals surface area contributed by atoms with Gasteiger partial charge in [0.1, 0.15) is 0 Å². The van der Waals surface area contributed by atoms with Crippen LogP contribution in [0.15, 0.2) is 72.8 Å². The lowest BCUT2D eigenvalue weighted by molar-refractivity contribution is -0.116. The van der Waals surface area contributed by atoms with Gasteiger partial charge >= 0.3 is 0 Å². The van der Waals surface area contributed by atoms with Crippen molar-refractivity contribution in [2.24, 2.45) is 0 Å². The molecule has 0 spiro atoms. The summed E-state index contributed by atoms with van der Waals surface area (Å²) < 4.78 is 0. The highest BCUT2D eigenvalue weighted by Crippen LogP contribution is 2.30. The fourth-order valence-corrected chi connectivity index (χ4v) is 4.62. The van der Waals surface area contributed by atoms with Gasteiger partial charge in [-0.2, -0.15) is 0 Å². The Labute approximate surface area is 216 Å². The Bertz CT molecular complexity index is 1200. The fraction of sp³-hybridized carbons (Fsp3) is 0.286. The van der Waals surface area contributed by atoms with Gasteiger partial charge in [-0.05, 0) is 49.2 Å². The number of fused-ring (bicyclic) bond motifs is 2. The zero-order chi connectivity index (χ0) is 24.5. The maximum Gasteiger partial charge on any atom is 0.224 e. The zero-order valence-corrected chi connectivity index (χ0v) is 21.2. The highest BCUT2D eigenvalue weighted by Gasteiger charge is 2.09. The molecule has 1 amide bonds. The van der Waals surface area contributed by atoms with E-state index in [1.165, 1.54) is 0 Å². The third-order valence-corrected chi connectivity index (χ3v) is 6.28. The molecule has 4 rings (SSSR count). The van der Waals surface area contributed by atoms with Crippen LogP contribution in [0.5, 0.6) is 0 Å². The van der Waals surface area contributed by atoms with Gasteiger partial charge in [-0.25, -0.2) is 4.98 Å². The van der Waals surface area contributed by atoms with Crippen molar-refractivity contribution in [2.45, 2.75) is 19.3 Å². The number of carbonyl (C=O) groups is 1. The molecule has 0 bridgehead atoms.